The Morgan fingerprint density at radius 2 is 2.15 bits per heavy atom. The fraction of sp³-hybridized carbons (Fsp3) is 0.385. The second kappa shape index (κ2) is 5.20. The summed E-state index contributed by atoms with van der Waals surface area (Å²) in [6.07, 6.45) is 0.123. The van der Waals surface area contributed by atoms with Gasteiger partial charge in [-0.05, 0) is 19.1 Å². The summed E-state index contributed by atoms with van der Waals surface area (Å²) in [6, 6.07) is 3.37. The van der Waals surface area contributed by atoms with Gasteiger partial charge in [0.1, 0.15) is 0 Å². The zero-order valence-electron chi connectivity index (χ0n) is 11.3. The molecule has 1 aromatic carbocycles. The van der Waals surface area contributed by atoms with Crippen molar-refractivity contribution in [3.8, 4) is 11.5 Å². The lowest BCUT2D eigenvalue weighted by Gasteiger charge is -2.15. The number of aliphatic carboxylic acids is 1. The molecule has 1 aliphatic heterocycles. The van der Waals surface area contributed by atoms with Crippen molar-refractivity contribution in [3.63, 3.8) is 0 Å². The second-order valence-electron chi connectivity index (χ2n) is 4.50. The SMILES string of the molecule is COc1ccc(C2=NOC(C)(C(=O)O)C2)c(Cl)c1OC. The highest BCUT2D eigenvalue weighted by molar-refractivity contribution is 6.36. The van der Waals surface area contributed by atoms with Crippen LogP contribution in [0.4, 0.5) is 0 Å². The first-order valence-corrected chi connectivity index (χ1v) is 6.20. The molecule has 1 aromatic rings. The minimum Gasteiger partial charge on any atom is -0.493 e. The molecule has 1 N–H and O–H groups in total. The van der Waals surface area contributed by atoms with Gasteiger partial charge < -0.3 is 19.4 Å². The van der Waals surface area contributed by atoms with Gasteiger partial charge in [-0.1, -0.05) is 16.8 Å². The molecule has 0 amide bonds. The molecular formula is C13H14ClNO5. The van der Waals surface area contributed by atoms with Crippen molar-refractivity contribution in [3.05, 3.63) is 22.7 Å². The number of oxime groups is 1. The number of nitrogens with zero attached hydrogens (tertiary/aromatic N) is 1. The van der Waals surface area contributed by atoms with E-state index in [1.165, 1.54) is 21.1 Å². The molecule has 0 bridgehead atoms. The first-order valence-electron chi connectivity index (χ1n) is 5.82. The summed E-state index contributed by atoms with van der Waals surface area (Å²) in [5, 5.41) is 13.2. The molecule has 6 nitrogen and oxygen atoms in total. The smallest absolute Gasteiger partial charge is 0.351 e. The zero-order valence-corrected chi connectivity index (χ0v) is 12.0. The van der Waals surface area contributed by atoms with Crippen molar-refractivity contribution < 1.29 is 24.2 Å². The number of hydrogen-bond donors (Lipinski definition) is 1. The summed E-state index contributed by atoms with van der Waals surface area (Å²) in [5.41, 5.74) is -0.346. The monoisotopic (exact) mass is 299 g/mol. The fourth-order valence-corrected chi connectivity index (χ4v) is 2.25. The van der Waals surface area contributed by atoms with Crippen LogP contribution in [0.5, 0.6) is 11.5 Å². The molecule has 1 unspecified atom stereocenters. The van der Waals surface area contributed by atoms with Crippen LogP contribution in [0.3, 0.4) is 0 Å². The summed E-state index contributed by atoms with van der Waals surface area (Å²) in [6.45, 7) is 1.46. The molecule has 108 valence electrons. The molecule has 0 saturated heterocycles. The largest absolute Gasteiger partial charge is 0.493 e. The standard InChI is InChI=1S/C13H14ClNO5/c1-13(12(16)17)6-8(15-20-13)7-4-5-9(18-2)11(19-3)10(7)14/h4-5H,6H2,1-3H3,(H,16,17). The van der Waals surface area contributed by atoms with Gasteiger partial charge in [-0.2, -0.15) is 0 Å². The molecular weight excluding hydrogens is 286 g/mol. The third-order valence-corrected chi connectivity index (χ3v) is 3.49. The predicted molar refractivity (Wildman–Crippen MR) is 72.8 cm³/mol. The van der Waals surface area contributed by atoms with Crippen LogP contribution in [0.2, 0.25) is 5.02 Å². The molecule has 0 fully saturated rings. The summed E-state index contributed by atoms with van der Waals surface area (Å²) >= 11 is 6.26. The van der Waals surface area contributed by atoms with Crippen LogP contribution in [0, 0.1) is 0 Å². The van der Waals surface area contributed by atoms with Crippen molar-refractivity contribution in [1.29, 1.82) is 0 Å². The molecule has 1 atom stereocenters. The van der Waals surface area contributed by atoms with Gasteiger partial charge in [0.25, 0.3) is 0 Å². The van der Waals surface area contributed by atoms with E-state index in [4.69, 9.17) is 31.0 Å². The molecule has 2 rings (SSSR count). The van der Waals surface area contributed by atoms with Crippen LogP contribution in [-0.2, 0) is 9.63 Å². The molecule has 0 saturated carbocycles. The van der Waals surface area contributed by atoms with Crippen molar-refractivity contribution in [2.75, 3.05) is 14.2 Å². The molecule has 20 heavy (non-hydrogen) atoms. The van der Waals surface area contributed by atoms with Gasteiger partial charge >= 0.3 is 5.97 Å². The highest BCUT2D eigenvalue weighted by Gasteiger charge is 2.43. The van der Waals surface area contributed by atoms with E-state index in [0.717, 1.165) is 0 Å². The average molecular weight is 300 g/mol. The first-order chi connectivity index (χ1) is 9.42. The van der Waals surface area contributed by atoms with Crippen LogP contribution >= 0.6 is 11.6 Å². The van der Waals surface area contributed by atoms with E-state index in [2.05, 4.69) is 5.16 Å². The lowest BCUT2D eigenvalue weighted by Crippen LogP contribution is -2.35. The van der Waals surface area contributed by atoms with Crippen molar-refractivity contribution >= 4 is 23.3 Å². The summed E-state index contributed by atoms with van der Waals surface area (Å²) in [7, 11) is 2.98. The topological polar surface area (TPSA) is 77.4 Å². The van der Waals surface area contributed by atoms with E-state index < -0.39 is 11.6 Å². The Balaban J connectivity index is 2.39. The van der Waals surface area contributed by atoms with E-state index in [-0.39, 0.29) is 6.42 Å². The van der Waals surface area contributed by atoms with Crippen molar-refractivity contribution in [2.24, 2.45) is 5.16 Å². The van der Waals surface area contributed by atoms with Gasteiger partial charge in [0.2, 0.25) is 5.60 Å². The van der Waals surface area contributed by atoms with Crippen LogP contribution in [0.25, 0.3) is 0 Å². The predicted octanol–water partition coefficient (Wildman–Crippen LogP) is 2.32. The Morgan fingerprint density at radius 3 is 2.65 bits per heavy atom. The fourth-order valence-electron chi connectivity index (χ4n) is 1.91. The molecule has 0 spiro atoms. The molecule has 0 radical (unpaired) electrons. The summed E-state index contributed by atoms with van der Waals surface area (Å²) in [4.78, 5) is 16.1. The molecule has 0 aliphatic carbocycles. The summed E-state index contributed by atoms with van der Waals surface area (Å²) < 4.78 is 10.3. The molecule has 0 aromatic heterocycles. The third-order valence-electron chi connectivity index (χ3n) is 3.11. The van der Waals surface area contributed by atoms with Crippen LogP contribution in [0.15, 0.2) is 17.3 Å². The number of rotatable bonds is 4. The van der Waals surface area contributed by atoms with E-state index in [9.17, 15) is 4.79 Å². The number of hydrogen-bond acceptors (Lipinski definition) is 5. The van der Waals surface area contributed by atoms with Gasteiger partial charge in [-0.15, -0.1) is 0 Å². The van der Waals surface area contributed by atoms with E-state index in [1.54, 1.807) is 12.1 Å². The Labute approximate surface area is 120 Å². The highest BCUT2D eigenvalue weighted by Crippen LogP contribution is 2.39. The highest BCUT2D eigenvalue weighted by atomic mass is 35.5. The van der Waals surface area contributed by atoms with Gasteiger partial charge in [-0.3, -0.25) is 0 Å². The van der Waals surface area contributed by atoms with E-state index >= 15 is 0 Å². The number of carbonyl (C=O) groups is 1. The Bertz CT molecular complexity index is 586. The molecule has 1 heterocycles. The third kappa shape index (κ3) is 2.27. The maximum Gasteiger partial charge on any atom is 0.351 e. The van der Waals surface area contributed by atoms with E-state index in [1.807, 2.05) is 0 Å². The molecule has 7 heteroatoms. The zero-order chi connectivity index (χ0) is 14.9. The number of carboxylic acids is 1. The number of carboxylic acid groups (broad SMARTS) is 1. The maximum atomic E-state index is 11.1. The normalized spacial score (nSPS) is 21.1. The number of halogens is 1. The minimum absolute atomic E-state index is 0.123. The minimum atomic E-state index is -1.37. The van der Waals surface area contributed by atoms with Crippen LogP contribution < -0.4 is 9.47 Å². The quantitative estimate of drug-likeness (QED) is 0.923. The van der Waals surface area contributed by atoms with E-state index in [0.29, 0.717) is 27.8 Å². The first kappa shape index (κ1) is 14.5. The van der Waals surface area contributed by atoms with Crippen molar-refractivity contribution in [2.45, 2.75) is 18.9 Å². The lowest BCUT2D eigenvalue weighted by molar-refractivity contribution is -0.160. The lowest BCUT2D eigenvalue weighted by atomic mass is 9.96. The Kier molecular flexibility index (Phi) is 3.76. The number of ether oxygens (including phenoxy) is 2. The van der Waals surface area contributed by atoms with Crippen LogP contribution in [0.1, 0.15) is 18.9 Å². The van der Waals surface area contributed by atoms with Gasteiger partial charge in [0.15, 0.2) is 11.5 Å². The van der Waals surface area contributed by atoms with Gasteiger partial charge in [0, 0.05) is 12.0 Å². The molecule has 1 aliphatic rings. The Morgan fingerprint density at radius 1 is 1.45 bits per heavy atom. The number of methoxy groups -OCH3 is 2. The van der Waals surface area contributed by atoms with Crippen LogP contribution in [-0.4, -0.2) is 36.6 Å². The number of benzene rings is 1. The maximum absolute atomic E-state index is 11.1. The average Bonchev–Trinajstić information content (AvgIpc) is 2.82. The summed E-state index contributed by atoms with van der Waals surface area (Å²) in [5.74, 6) is -0.215. The van der Waals surface area contributed by atoms with Gasteiger partial charge in [-0.25, -0.2) is 4.79 Å². The second-order valence-corrected chi connectivity index (χ2v) is 4.88. The van der Waals surface area contributed by atoms with Crippen molar-refractivity contribution in [1.82, 2.24) is 0 Å². The van der Waals surface area contributed by atoms with Gasteiger partial charge in [0.05, 0.1) is 25.0 Å². The Hall–Kier alpha value is -1.95.